The van der Waals surface area contributed by atoms with Crippen LogP contribution < -0.4 is 16.0 Å². The van der Waals surface area contributed by atoms with Crippen LogP contribution in [-0.4, -0.2) is 11.8 Å². The molecule has 3 rings (SSSR count). The van der Waals surface area contributed by atoms with Crippen molar-refractivity contribution in [1.82, 2.24) is 0 Å². The van der Waals surface area contributed by atoms with Crippen LogP contribution in [0.2, 0.25) is 0 Å². The third-order valence-electron chi connectivity index (χ3n) is 3.18. The summed E-state index contributed by atoms with van der Waals surface area (Å²) in [6, 6.07) is 17.8. The minimum absolute atomic E-state index is 0.0762. The van der Waals surface area contributed by atoms with E-state index in [0.29, 0.717) is 11.4 Å². The zero-order valence-electron chi connectivity index (χ0n) is 11.1. The Bertz CT molecular complexity index is 724. The van der Waals surface area contributed by atoms with Crippen LogP contribution in [-0.2, 0) is 9.59 Å². The molecule has 0 aliphatic carbocycles. The van der Waals surface area contributed by atoms with Gasteiger partial charge in [0.15, 0.2) is 0 Å². The molecular weight excluding hydrogens is 266 g/mol. The number of para-hydroxylation sites is 2. The SMILES string of the molecule is NC1=C(Nc2ccccc2)C(=O)N(c2ccccc2)C1=O. The highest BCUT2D eigenvalue weighted by Crippen LogP contribution is 2.25. The van der Waals surface area contributed by atoms with Crippen molar-refractivity contribution in [2.24, 2.45) is 5.73 Å². The van der Waals surface area contributed by atoms with Crippen LogP contribution in [0.4, 0.5) is 11.4 Å². The van der Waals surface area contributed by atoms with Crippen LogP contribution in [0.1, 0.15) is 0 Å². The number of benzene rings is 2. The van der Waals surface area contributed by atoms with Gasteiger partial charge in [-0.25, -0.2) is 4.90 Å². The molecule has 1 aliphatic heterocycles. The summed E-state index contributed by atoms with van der Waals surface area (Å²) < 4.78 is 0. The first-order valence-corrected chi connectivity index (χ1v) is 6.44. The van der Waals surface area contributed by atoms with Crippen LogP contribution >= 0.6 is 0 Å². The fourth-order valence-corrected chi connectivity index (χ4v) is 2.14. The molecular formula is C16H13N3O2. The van der Waals surface area contributed by atoms with E-state index >= 15 is 0 Å². The van der Waals surface area contributed by atoms with Crippen LogP contribution in [0.25, 0.3) is 0 Å². The summed E-state index contributed by atoms with van der Waals surface area (Å²) in [5.74, 6) is -0.961. The molecule has 2 aromatic rings. The van der Waals surface area contributed by atoms with E-state index in [-0.39, 0.29) is 11.4 Å². The summed E-state index contributed by atoms with van der Waals surface area (Å²) in [5.41, 5.74) is 7.02. The number of nitrogens with two attached hydrogens (primary N) is 1. The summed E-state index contributed by atoms with van der Waals surface area (Å²) in [7, 11) is 0. The minimum atomic E-state index is -0.510. The fraction of sp³-hybridized carbons (Fsp3) is 0. The summed E-state index contributed by atoms with van der Waals surface area (Å²) in [6.07, 6.45) is 0. The minimum Gasteiger partial charge on any atom is -0.392 e. The second kappa shape index (κ2) is 5.13. The number of hydrogen-bond donors (Lipinski definition) is 2. The Hall–Kier alpha value is -3.08. The number of hydrogen-bond acceptors (Lipinski definition) is 4. The van der Waals surface area contributed by atoms with Gasteiger partial charge in [-0.15, -0.1) is 0 Å². The smallest absolute Gasteiger partial charge is 0.284 e. The van der Waals surface area contributed by atoms with Crippen molar-refractivity contribution in [3.05, 3.63) is 72.1 Å². The lowest BCUT2D eigenvalue weighted by atomic mass is 10.3. The van der Waals surface area contributed by atoms with Crippen LogP contribution in [0.5, 0.6) is 0 Å². The molecule has 21 heavy (non-hydrogen) atoms. The topological polar surface area (TPSA) is 75.4 Å². The predicted molar refractivity (Wildman–Crippen MR) is 80.2 cm³/mol. The van der Waals surface area contributed by atoms with Gasteiger partial charge in [0.1, 0.15) is 11.4 Å². The molecule has 5 nitrogen and oxygen atoms in total. The molecule has 2 amide bonds. The monoisotopic (exact) mass is 279 g/mol. The normalized spacial score (nSPS) is 14.8. The van der Waals surface area contributed by atoms with E-state index in [4.69, 9.17) is 5.73 Å². The van der Waals surface area contributed by atoms with E-state index in [0.717, 1.165) is 4.90 Å². The molecule has 0 saturated carbocycles. The highest BCUT2D eigenvalue weighted by molar-refractivity contribution is 6.33. The lowest BCUT2D eigenvalue weighted by Gasteiger charge is -2.14. The third kappa shape index (κ3) is 2.25. The van der Waals surface area contributed by atoms with Crippen molar-refractivity contribution in [2.75, 3.05) is 10.2 Å². The average molecular weight is 279 g/mol. The standard InChI is InChI=1S/C16H13N3O2/c17-13-14(18-11-7-3-1-4-8-11)16(21)19(15(13)20)12-9-5-2-6-10-12/h1-10,18H,17H2. The molecule has 0 spiro atoms. The average Bonchev–Trinajstić information content (AvgIpc) is 2.73. The van der Waals surface area contributed by atoms with Gasteiger partial charge in [0.05, 0.1) is 5.69 Å². The van der Waals surface area contributed by atoms with Gasteiger partial charge in [0, 0.05) is 5.69 Å². The van der Waals surface area contributed by atoms with Crippen molar-refractivity contribution in [3.8, 4) is 0 Å². The maximum atomic E-state index is 12.4. The molecule has 0 saturated heterocycles. The van der Waals surface area contributed by atoms with Gasteiger partial charge in [0.2, 0.25) is 0 Å². The summed E-state index contributed by atoms with van der Waals surface area (Å²) in [5, 5.41) is 2.91. The number of nitrogens with one attached hydrogen (secondary N) is 1. The molecule has 0 aromatic heterocycles. The summed E-state index contributed by atoms with van der Waals surface area (Å²) in [4.78, 5) is 25.7. The molecule has 5 heteroatoms. The largest absolute Gasteiger partial charge is 0.392 e. The molecule has 1 heterocycles. The Morgan fingerprint density at radius 2 is 1.38 bits per heavy atom. The lowest BCUT2D eigenvalue weighted by Crippen LogP contribution is -2.33. The quantitative estimate of drug-likeness (QED) is 0.841. The van der Waals surface area contributed by atoms with Gasteiger partial charge < -0.3 is 11.1 Å². The highest BCUT2D eigenvalue weighted by atomic mass is 16.2. The number of carbonyl (C=O) groups excluding carboxylic acids is 2. The Kier molecular flexibility index (Phi) is 3.16. The maximum Gasteiger partial charge on any atom is 0.284 e. The first kappa shape index (κ1) is 12.9. The maximum absolute atomic E-state index is 12.4. The molecule has 3 N–H and O–H groups in total. The summed E-state index contributed by atoms with van der Waals surface area (Å²) >= 11 is 0. The van der Waals surface area contributed by atoms with E-state index in [1.165, 1.54) is 0 Å². The molecule has 1 aliphatic rings. The molecule has 0 radical (unpaired) electrons. The van der Waals surface area contributed by atoms with E-state index in [2.05, 4.69) is 5.32 Å². The number of carbonyl (C=O) groups is 2. The number of amides is 2. The van der Waals surface area contributed by atoms with Gasteiger partial charge in [-0.05, 0) is 24.3 Å². The van der Waals surface area contributed by atoms with E-state index in [1.54, 1.807) is 36.4 Å². The first-order chi connectivity index (χ1) is 10.2. The zero-order chi connectivity index (χ0) is 14.8. The zero-order valence-corrected chi connectivity index (χ0v) is 11.1. The molecule has 0 atom stereocenters. The molecule has 0 bridgehead atoms. The second-order valence-electron chi connectivity index (χ2n) is 4.56. The van der Waals surface area contributed by atoms with Crippen LogP contribution in [0.15, 0.2) is 72.1 Å². The van der Waals surface area contributed by atoms with Crippen molar-refractivity contribution < 1.29 is 9.59 Å². The Morgan fingerprint density at radius 1 is 0.810 bits per heavy atom. The van der Waals surface area contributed by atoms with Gasteiger partial charge in [-0.3, -0.25) is 9.59 Å². The second-order valence-corrected chi connectivity index (χ2v) is 4.56. The Morgan fingerprint density at radius 3 is 2.00 bits per heavy atom. The Labute approximate surface area is 121 Å². The van der Waals surface area contributed by atoms with Gasteiger partial charge >= 0.3 is 0 Å². The van der Waals surface area contributed by atoms with Crippen molar-refractivity contribution in [3.63, 3.8) is 0 Å². The van der Waals surface area contributed by atoms with Crippen LogP contribution in [0, 0.1) is 0 Å². The molecule has 0 unspecified atom stereocenters. The third-order valence-corrected chi connectivity index (χ3v) is 3.18. The molecule has 104 valence electrons. The predicted octanol–water partition coefficient (Wildman–Crippen LogP) is 1.84. The first-order valence-electron chi connectivity index (χ1n) is 6.44. The van der Waals surface area contributed by atoms with Gasteiger partial charge in [-0.1, -0.05) is 36.4 Å². The molecule has 2 aromatic carbocycles. The number of imide groups is 1. The van der Waals surface area contributed by atoms with Crippen molar-refractivity contribution >= 4 is 23.2 Å². The number of rotatable bonds is 3. The number of anilines is 2. The van der Waals surface area contributed by atoms with E-state index in [9.17, 15) is 9.59 Å². The van der Waals surface area contributed by atoms with Crippen molar-refractivity contribution in [2.45, 2.75) is 0 Å². The van der Waals surface area contributed by atoms with Crippen molar-refractivity contribution in [1.29, 1.82) is 0 Å². The van der Waals surface area contributed by atoms with E-state index in [1.807, 2.05) is 24.3 Å². The summed E-state index contributed by atoms with van der Waals surface area (Å²) in [6.45, 7) is 0. The number of nitrogens with zero attached hydrogens (tertiary/aromatic N) is 1. The fourth-order valence-electron chi connectivity index (χ4n) is 2.14. The molecule has 0 fully saturated rings. The lowest BCUT2D eigenvalue weighted by molar-refractivity contribution is -0.120. The van der Waals surface area contributed by atoms with E-state index < -0.39 is 11.8 Å². The van der Waals surface area contributed by atoms with Gasteiger partial charge in [-0.2, -0.15) is 0 Å². The Balaban J connectivity index is 1.92. The van der Waals surface area contributed by atoms with Crippen LogP contribution in [0.3, 0.4) is 0 Å². The van der Waals surface area contributed by atoms with Gasteiger partial charge in [0.25, 0.3) is 11.8 Å². The highest BCUT2D eigenvalue weighted by Gasteiger charge is 2.38.